The quantitative estimate of drug-likeness (QED) is 0.162. The van der Waals surface area contributed by atoms with Crippen molar-refractivity contribution in [2.24, 2.45) is 11.3 Å². The molecule has 0 radical (unpaired) electrons. The zero-order chi connectivity index (χ0) is 33.1. The summed E-state index contributed by atoms with van der Waals surface area (Å²) >= 11 is 0. The maximum atomic E-state index is 14.0. The maximum absolute atomic E-state index is 14.0. The Morgan fingerprint density at radius 2 is 1.40 bits per heavy atom. The smallest absolute Gasteiger partial charge is 0.407 e. The summed E-state index contributed by atoms with van der Waals surface area (Å²) in [5.41, 5.74) is -0.899. The highest BCUT2D eigenvalue weighted by atomic mass is 32.2. The normalized spacial score (nSPS) is 13.4. The van der Waals surface area contributed by atoms with E-state index in [0.29, 0.717) is 6.42 Å². The largest absolute Gasteiger partial charge is 0.465 e. The molecule has 3 rings (SSSR count). The Bertz CT molecular complexity index is 1470. The number of amides is 2. The summed E-state index contributed by atoms with van der Waals surface area (Å²) in [6, 6.07) is 26.5. The summed E-state index contributed by atoms with van der Waals surface area (Å²) in [5, 5.41) is 24.9. The number of carboxylic acid groups (broad SMARTS) is 1. The first-order chi connectivity index (χ1) is 21.2. The summed E-state index contributed by atoms with van der Waals surface area (Å²) < 4.78 is 29.1. The molecule has 3 N–H and O–H groups in total. The minimum Gasteiger partial charge on any atom is -0.465 e. The van der Waals surface area contributed by atoms with Gasteiger partial charge in [0.1, 0.15) is 5.72 Å². The molecule has 3 aromatic carbocycles. The van der Waals surface area contributed by atoms with Crippen LogP contribution in [0.3, 0.4) is 0 Å². The van der Waals surface area contributed by atoms with Gasteiger partial charge in [0.25, 0.3) is 0 Å². The van der Waals surface area contributed by atoms with Gasteiger partial charge in [0.2, 0.25) is 15.9 Å². The minimum absolute atomic E-state index is 0.0212. The Morgan fingerprint density at radius 1 is 0.867 bits per heavy atom. The van der Waals surface area contributed by atoms with Gasteiger partial charge >= 0.3 is 6.09 Å². The lowest BCUT2D eigenvalue weighted by Gasteiger charge is -2.39. The number of carbonyl (C=O) groups is 2. The van der Waals surface area contributed by atoms with Crippen LogP contribution in [0.2, 0.25) is 0 Å². The van der Waals surface area contributed by atoms with Crippen LogP contribution >= 0.6 is 0 Å². The SMILES string of the molecule is CC(C)CCN(C(O)(CCNC(=O)CC(C)(C)CN(Cc1ccccc1)C(=O)O)Cc1ccccc1)S(=O)(=O)c1ccccc1. The van der Waals surface area contributed by atoms with E-state index in [1.165, 1.54) is 21.3 Å². The zero-order valence-electron chi connectivity index (χ0n) is 26.7. The highest BCUT2D eigenvalue weighted by Crippen LogP contribution is 2.30. The second-order valence-corrected chi connectivity index (χ2v) is 14.6. The topological polar surface area (TPSA) is 127 Å². The van der Waals surface area contributed by atoms with Crippen LogP contribution in [0.15, 0.2) is 95.9 Å². The zero-order valence-corrected chi connectivity index (χ0v) is 27.5. The van der Waals surface area contributed by atoms with Crippen LogP contribution in [0.4, 0.5) is 4.79 Å². The molecule has 1 unspecified atom stereocenters. The van der Waals surface area contributed by atoms with Crippen molar-refractivity contribution < 1.29 is 28.2 Å². The maximum Gasteiger partial charge on any atom is 0.407 e. The fraction of sp³-hybridized carbons (Fsp3) is 0.429. The molecule has 0 spiro atoms. The van der Waals surface area contributed by atoms with Gasteiger partial charge in [-0.1, -0.05) is 107 Å². The molecule has 1 atom stereocenters. The fourth-order valence-electron chi connectivity index (χ4n) is 5.34. The predicted octanol–water partition coefficient (Wildman–Crippen LogP) is 5.76. The Balaban J connectivity index is 1.77. The van der Waals surface area contributed by atoms with E-state index < -0.39 is 27.3 Å². The third-order valence-electron chi connectivity index (χ3n) is 7.63. The molecule has 0 bridgehead atoms. The highest BCUT2D eigenvalue weighted by Gasteiger charge is 2.42. The van der Waals surface area contributed by atoms with Crippen LogP contribution in [-0.4, -0.2) is 65.2 Å². The second kappa shape index (κ2) is 16.0. The monoisotopic (exact) mass is 637 g/mol. The molecule has 0 aliphatic rings. The van der Waals surface area contributed by atoms with E-state index in [9.17, 15) is 28.2 Å². The van der Waals surface area contributed by atoms with E-state index in [1.807, 2.05) is 88.4 Å². The average Bonchev–Trinajstić information content (AvgIpc) is 2.97. The van der Waals surface area contributed by atoms with Crippen molar-refractivity contribution in [3.8, 4) is 0 Å². The van der Waals surface area contributed by atoms with Gasteiger partial charge in [0, 0.05) is 45.4 Å². The molecule has 0 aliphatic carbocycles. The molecule has 3 aromatic rings. The summed E-state index contributed by atoms with van der Waals surface area (Å²) in [6.45, 7) is 8.13. The molecule has 45 heavy (non-hydrogen) atoms. The highest BCUT2D eigenvalue weighted by molar-refractivity contribution is 7.89. The van der Waals surface area contributed by atoms with E-state index in [1.54, 1.807) is 18.2 Å². The summed E-state index contributed by atoms with van der Waals surface area (Å²) in [6.07, 6.45) is -0.506. The Morgan fingerprint density at radius 3 is 1.93 bits per heavy atom. The molecule has 0 saturated carbocycles. The molecule has 9 nitrogen and oxygen atoms in total. The molecule has 2 amide bonds. The summed E-state index contributed by atoms with van der Waals surface area (Å²) in [7, 11) is -4.09. The first-order valence-electron chi connectivity index (χ1n) is 15.3. The van der Waals surface area contributed by atoms with E-state index in [-0.39, 0.29) is 62.2 Å². The summed E-state index contributed by atoms with van der Waals surface area (Å²) in [4.78, 5) is 26.5. The number of nitrogens with one attached hydrogen (secondary N) is 1. The van der Waals surface area contributed by atoms with Gasteiger partial charge in [0.05, 0.1) is 4.90 Å². The molecular weight excluding hydrogens is 590 g/mol. The van der Waals surface area contributed by atoms with Crippen LogP contribution in [0, 0.1) is 11.3 Å². The number of carbonyl (C=O) groups excluding carboxylic acids is 1. The predicted molar refractivity (Wildman–Crippen MR) is 176 cm³/mol. The Labute approximate surface area is 267 Å². The standard InChI is InChI=1S/C35H47N3O6S/c1-28(2)20-23-38(45(43,44)31-18-12-7-13-19-31)35(42,24-29-14-8-5-9-15-29)21-22-36-32(39)25-34(3,4)27-37(33(40)41)26-30-16-10-6-11-17-30/h5-19,28,42H,20-27H2,1-4H3,(H,36,39)(H,40,41). The van der Waals surface area contributed by atoms with Gasteiger partial charge in [0.15, 0.2) is 0 Å². The van der Waals surface area contributed by atoms with Crippen molar-refractivity contribution in [2.75, 3.05) is 19.6 Å². The molecule has 0 fully saturated rings. The fourth-order valence-corrected chi connectivity index (χ4v) is 7.04. The van der Waals surface area contributed by atoms with Gasteiger partial charge in [-0.25, -0.2) is 13.2 Å². The third kappa shape index (κ3) is 11.0. The first kappa shape index (κ1) is 35.7. The van der Waals surface area contributed by atoms with Crippen molar-refractivity contribution in [1.82, 2.24) is 14.5 Å². The van der Waals surface area contributed by atoms with Gasteiger partial charge in [-0.15, -0.1) is 0 Å². The number of hydrogen-bond acceptors (Lipinski definition) is 5. The van der Waals surface area contributed by atoms with Crippen molar-refractivity contribution >= 4 is 22.0 Å². The van der Waals surface area contributed by atoms with Gasteiger partial charge < -0.3 is 20.4 Å². The molecule has 10 heteroatoms. The Kier molecular flexibility index (Phi) is 12.7. The minimum atomic E-state index is -4.09. The number of nitrogens with zero attached hydrogens (tertiary/aromatic N) is 2. The van der Waals surface area contributed by atoms with Gasteiger partial charge in [-0.2, -0.15) is 4.31 Å². The van der Waals surface area contributed by atoms with E-state index >= 15 is 0 Å². The molecular formula is C35H47N3O6S. The van der Waals surface area contributed by atoms with E-state index in [0.717, 1.165) is 11.1 Å². The van der Waals surface area contributed by atoms with Gasteiger partial charge in [-0.05, 0) is 41.0 Å². The average molecular weight is 638 g/mol. The van der Waals surface area contributed by atoms with Crippen LogP contribution in [0.25, 0.3) is 0 Å². The van der Waals surface area contributed by atoms with E-state index in [4.69, 9.17) is 0 Å². The van der Waals surface area contributed by atoms with Crippen LogP contribution in [-0.2, 0) is 27.8 Å². The van der Waals surface area contributed by atoms with Crippen LogP contribution in [0.5, 0.6) is 0 Å². The first-order valence-corrected chi connectivity index (χ1v) is 16.8. The van der Waals surface area contributed by atoms with Crippen LogP contribution < -0.4 is 5.32 Å². The molecule has 0 heterocycles. The molecule has 0 saturated heterocycles. The molecule has 0 aromatic heterocycles. The van der Waals surface area contributed by atoms with E-state index in [2.05, 4.69) is 5.32 Å². The number of aliphatic hydroxyl groups is 1. The number of benzene rings is 3. The summed E-state index contributed by atoms with van der Waals surface area (Å²) in [5.74, 6) is -0.125. The van der Waals surface area contributed by atoms with Crippen molar-refractivity contribution in [1.29, 1.82) is 0 Å². The molecule has 0 aliphatic heterocycles. The number of rotatable bonds is 17. The van der Waals surface area contributed by atoms with Crippen molar-refractivity contribution in [3.05, 3.63) is 102 Å². The second-order valence-electron chi connectivity index (χ2n) is 12.8. The third-order valence-corrected chi connectivity index (χ3v) is 9.60. The number of hydrogen-bond donors (Lipinski definition) is 3. The van der Waals surface area contributed by atoms with Crippen molar-refractivity contribution in [2.45, 2.75) is 70.5 Å². The lowest BCUT2D eigenvalue weighted by atomic mass is 9.88. The van der Waals surface area contributed by atoms with Gasteiger partial charge in [-0.3, -0.25) is 4.79 Å². The lowest BCUT2D eigenvalue weighted by Crippen LogP contribution is -2.55. The van der Waals surface area contributed by atoms with Crippen LogP contribution in [0.1, 0.15) is 58.1 Å². The van der Waals surface area contributed by atoms with Crippen molar-refractivity contribution in [3.63, 3.8) is 0 Å². The molecule has 244 valence electrons. The Hall–Kier alpha value is -3.73. The lowest BCUT2D eigenvalue weighted by molar-refractivity contribution is -0.123. The number of sulfonamides is 1.